The molecule has 128 valence electrons. The molecule has 0 saturated carbocycles. The number of hydrogen-bond donors (Lipinski definition) is 0. The van der Waals surface area contributed by atoms with Gasteiger partial charge in [-0.05, 0) is 43.5 Å². The average molecular weight is 330 g/mol. The standard InChI is InChI=1S/C19H22O5/c1-5-14(18(21)24-6-2)11-15-9-7-8-10-16(15)12-17(13(3)20)19(22)23-4/h7-12H,5-6H2,1-4H3. The molecule has 24 heavy (non-hydrogen) atoms. The quantitative estimate of drug-likeness (QED) is 0.332. The summed E-state index contributed by atoms with van der Waals surface area (Å²) in [4.78, 5) is 35.4. The van der Waals surface area contributed by atoms with E-state index < -0.39 is 5.97 Å². The Labute approximate surface area is 142 Å². The van der Waals surface area contributed by atoms with Gasteiger partial charge in [0.25, 0.3) is 0 Å². The van der Waals surface area contributed by atoms with Crippen LogP contribution in [0.2, 0.25) is 0 Å². The van der Waals surface area contributed by atoms with Crippen LogP contribution in [0.25, 0.3) is 12.2 Å². The fourth-order valence-electron chi connectivity index (χ4n) is 2.06. The number of hydrogen-bond acceptors (Lipinski definition) is 5. The summed E-state index contributed by atoms with van der Waals surface area (Å²) in [7, 11) is 1.22. The highest BCUT2D eigenvalue weighted by Gasteiger charge is 2.16. The minimum absolute atomic E-state index is 0.0486. The molecule has 0 radical (unpaired) electrons. The SMILES string of the molecule is CCOC(=O)C(=Cc1ccccc1C=C(C(C)=O)C(=O)OC)CC. The number of rotatable bonds is 7. The Kier molecular flexibility index (Phi) is 7.62. The molecule has 0 aliphatic heterocycles. The summed E-state index contributed by atoms with van der Waals surface area (Å²) in [6.45, 7) is 5.21. The minimum Gasteiger partial charge on any atom is -0.465 e. The highest BCUT2D eigenvalue weighted by Crippen LogP contribution is 2.19. The van der Waals surface area contributed by atoms with E-state index in [1.807, 2.05) is 13.0 Å². The first-order valence-electron chi connectivity index (χ1n) is 7.72. The Bertz CT molecular complexity index is 683. The number of methoxy groups -OCH3 is 1. The number of ketones is 1. The van der Waals surface area contributed by atoms with Gasteiger partial charge in [-0.1, -0.05) is 31.2 Å². The van der Waals surface area contributed by atoms with Crippen molar-refractivity contribution >= 4 is 29.9 Å². The molecular formula is C19H22O5. The molecule has 0 N–H and O–H groups in total. The molecule has 0 atom stereocenters. The third-order valence-corrected chi connectivity index (χ3v) is 3.33. The lowest BCUT2D eigenvalue weighted by Crippen LogP contribution is -2.11. The fourth-order valence-corrected chi connectivity index (χ4v) is 2.06. The molecule has 0 aliphatic carbocycles. The summed E-state index contributed by atoms with van der Waals surface area (Å²) in [6, 6.07) is 7.16. The lowest BCUT2D eigenvalue weighted by atomic mass is 10.00. The normalized spacial score (nSPS) is 11.8. The maximum Gasteiger partial charge on any atom is 0.341 e. The summed E-state index contributed by atoms with van der Waals surface area (Å²) in [6.07, 6.45) is 3.69. The maximum atomic E-state index is 11.9. The second-order valence-electron chi connectivity index (χ2n) is 4.98. The van der Waals surface area contributed by atoms with Gasteiger partial charge in [-0.15, -0.1) is 0 Å². The number of benzene rings is 1. The molecule has 0 saturated heterocycles. The maximum absolute atomic E-state index is 11.9. The fraction of sp³-hybridized carbons (Fsp3) is 0.316. The highest BCUT2D eigenvalue weighted by atomic mass is 16.5. The molecule has 0 heterocycles. The molecule has 0 spiro atoms. The van der Waals surface area contributed by atoms with Gasteiger partial charge in [0.1, 0.15) is 5.57 Å². The molecule has 1 aromatic rings. The van der Waals surface area contributed by atoms with Gasteiger partial charge >= 0.3 is 11.9 Å². The smallest absolute Gasteiger partial charge is 0.341 e. The molecule has 1 aromatic carbocycles. The summed E-state index contributed by atoms with van der Waals surface area (Å²) >= 11 is 0. The molecule has 5 heteroatoms. The van der Waals surface area contributed by atoms with Gasteiger partial charge in [0.2, 0.25) is 0 Å². The Hall–Kier alpha value is -2.69. The van der Waals surface area contributed by atoms with E-state index >= 15 is 0 Å². The van der Waals surface area contributed by atoms with Crippen LogP contribution in [0.15, 0.2) is 35.4 Å². The second kappa shape index (κ2) is 9.45. The Balaban J connectivity index is 3.36. The van der Waals surface area contributed by atoms with E-state index in [4.69, 9.17) is 4.74 Å². The third kappa shape index (κ3) is 5.19. The van der Waals surface area contributed by atoms with Crippen molar-refractivity contribution in [3.63, 3.8) is 0 Å². The van der Waals surface area contributed by atoms with Crippen LogP contribution < -0.4 is 0 Å². The molecule has 0 aromatic heterocycles. The van der Waals surface area contributed by atoms with Crippen molar-refractivity contribution in [2.45, 2.75) is 27.2 Å². The third-order valence-electron chi connectivity index (χ3n) is 3.33. The monoisotopic (exact) mass is 330 g/mol. The van der Waals surface area contributed by atoms with Crippen LogP contribution in [-0.4, -0.2) is 31.4 Å². The van der Waals surface area contributed by atoms with Crippen molar-refractivity contribution in [1.29, 1.82) is 0 Å². The Morgan fingerprint density at radius 1 is 1.00 bits per heavy atom. The molecule has 0 bridgehead atoms. The number of carbonyl (C=O) groups excluding carboxylic acids is 3. The van der Waals surface area contributed by atoms with Crippen LogP contribution in [0.3, 0.4) is 0 Å². The molecule has 0 aliphatic rings. The predicted molar refractivity (Wildman–Crippen MR) is 92.0 cm³/mol. The van der Waals surface area contributed by atoms with Crippen molar-refractivity contribution in [2.24, 2.45) is 0 Å². The van der Waals surface area contributed by atoms with Crippen LogP contribution in [0.4, 0.5) is 0 Å². The van der Waals surface area contributed by atoms with E-state index in [2.05, 4.69) is 4.74 Å². The first kappa shape index (κ1) is 19.4. The van der Waals surface area contributed by atoms with E-state index in [-0.39, 0.29) is 17.3 Å². The van der Waals surface area contributed by atoms with Gasteiger partial charge in [-0.2, -0.15) is 0 Å². The van der Waals surface area contributed by atoms with Crippen molar-refractivity contribution in [3.8, 4) is 0 Å². The number of esters is 2. The first-order chi connectivity index (χ1) is 11.4. The topological polar surface area (TPSA) is 69.7 Å². The lowest BCUT2D eigenvalue weighted by molar-refractivity contribution is -0.139. The zero-order valence-corrected chi connectivity index (χ0v) is 14.4. The minimum atomic E-state index is -0.692. The second-order valence-corrected chi connectivity index (χ2v) is 4.98. The number of carbonyl (C=O) groups is 3. The van der Waals surface area contributed by atoms with Crippen molar-refractivity contribution in [1.82, 2.24) is 0 Å². The summed E-state index contributed by atoms with van der Waals surface area (Å²) < 4.78 is 9.67. The van der Waals surface area contributed by atoms with Gasteiger partial charge in [0, 0.05) is 5.57 Å². The number of ether oxygens (including phenoxy) is 2. The molecule has 1 rings (SSSR count). The van der Waals surface area contributed by atoms with E-state index in [0.717, 1.165) is 0 Å². The Morgan fingerprint density at radius 3 is 2.04 bits per heavy atom. The zero-order valence-electron chi connectivity index (χ0n) is 14.4. The lowest BCUT2D eigenvalue weighted by Gasteiger charge is -2.08. The van der Waals surface area contributed by atoms with Crippen LogP contribution in [0, 0.1) is 0 Å². The van der Waals surface area contributed by atoms with Gasteiger partial charge in [-0.3, -0.25) is 4.79 Å². The van der Waals surface area contributed by atoms with Gasteiger partial charge in [-0.25, -0.2) is 9.59 Å². The molecule has 5 nitrogen and oxygen atoms in total. The van der Waals surface area contributed by atoms with Gasteiger partial charge in [0.15, 0.2) is 5.78 Å². The highest BCUT2D eigenvalue weighted by molar-refractivity contribution is 6.20. The summed E-state index contributed by atoms with van der Waals surface area (Å²) in [5.41, 5.74) is 1.82. The predicted octanol–water partition coefficient (Wildman–Crippen LogP) is 3.19. The first-order valence-corrected chi connectivity index (χ1v) is 7.72. The van der Waals surface area contributed by atoms with Crippen molar-refractivity contribution in [2.75, 3.05) is 13.7 Å². The molecular weight excluding hydrogens is 308 g/mol. The molecule has 0 fully saturated rings. The number of Topliss-reactive ketones (excluding diaryl/α,β-unsaturated/α-hetero) is 1. The van der Waals surface area contributed by atoms with Crippen LogP contribution in [-0.2, 0) is 23.9 Å². The largest absolute Gasteiger partial charge is 0.465 e. The van der Waals surface area contributed by atoms with Crippen LogP contribution in [0.1, 0.15) is 38.3 Å². The summed E-state index contributed by atoms with van der Waals surface area (Å²) in [5.74, 6) is -1.46. The van der Waals surface area contributed by atoms with Crippen molar-refractivity contribution < 1.29 is 23.9 Å². The van der Waals surface area contributed by atoms with Crippen LogP contribution >= 0.6 is 0 Å². The van der Waals surface area contributed by atoms with Crippen LogP contribution in [0.5, 0.6) is 0 Å². The molecule has 0 unspecified atom stereocenters. The van der Waals surface area contributed by atoms with Crippen molar-refractivity contribution in [3.05, 3.63) is 46.5 Å². The van der Waals surface area contributed by atoms with E-state index in [1.54, 1.807) is 31.2 Å². The van der Waals surface area contributed by atoms with E-state index in [9.17, 15) is 14.4 Å². The average Bonchev–Trinajstić information content (AvgIpc) is 2.57. The van der Waals surface area contributed by atoms with Gasteiger partial charge in [0.05, 0.1) is 13.7 Å². The van der Waals surface area contributed by atoms with E-state index in [0.29, 0.717) is 29.7 Å². The summed E-state index contributed by atoms with van der Waals surface area (Å²) in [5, 5.41) is 0. The van der Waals surface area contributed by atoms with Gasteiger partial charge < -0.3 is 9.47 Å². The Morgan fingerprint density at radius 2 is 1.58 bits per heavy atom. The molecule has 0 amide bonds. The zero-order chi connectivity index (χ0) is 18.1. The van der Waals surface area contributed by atoms with E-state index in [1.165, 1.54) is 20.1 Å².